The molecule has 0 aliphatic heterocycles. The molecule has 1 atom stereocenters. The van der Waals surface area contributed by atoms with Crippen LogP contribution in [0.5, 0.6) is 0 Å². The van der Waals surface area contributed by atoms with Gasteiger partial charge in [-0.05, 0) is 48.4 Å². The minimum Gasteiger partial charge on any atom is -0.324 e. The van der Waals surface area contributed by atoms with Crippen molar-refractivity contribution in [3.8, 4) is 5.69 Å². The van der Waals surface area contributed by atoms with Crippen LogP contribution in [0.3, 0.4) is 0 Å². The lowest BCUT2D eigenvalue weighted by Crippen LogP contribution is -2.48. The number of hydrogen-bond donors (Lipinski definition) is 2. The second-order valence-corrected chi connectivity index (χ2v) is 5.38. The fourth-order valence-corrected chi connectivity index (χ4v) is 2.11. The number of benzene rings is 1. The number of rotatable bonds is 5. The summed E-state index contributed by atoms with van der Waals surface area (Å²) in [4.78, 5) is 12.2. The minimum absolute atomic E-state index is 0. The first-order chi connectivity index (χ1) is 9.94. The number of aryl methyl sites for hydroxylation is 1. The third-order valence-corrected chi connectivity index (χ3v) is 3.35. The van der Waals surface area contributed by atoms with Crippen LogP contribution >= 0.6 is 12.4 Å². The molecule has 1 aromatic carbocycles. The molecule has 0 spiro atoms. The number of carbonyl (C=O) groups excluding carboxylic acids is 1. The first-order valence-corrected chi connectivity index (χ1v) is 6.88. The third-order valence-electron chi connectivity index (χ3n) is 3.35. The smallest absolute Gasteiger partial charge is 0.244 e. The number of nitrogens with one attached hydrogen (secondary N) is 1. The molecule has 0 saturated carbocycles. The number of carbonyl (C=O) groups is 1. The van der Waals surface area contributed by atoms with Crippen molar-refractivity contribution in [3.05, 3.63) is 30.1 Å². The molecule has 1 aromatic heterocycles. The lowest BCUT2D eigenvalue weighted by molar-refractivity contribution is -0.120. The van der Waals surface area contributed by atoms with Crippen LogP contribution in [0, 0.1) is 6.92 Å². The van der Waals surface area contributed by atoms with Crippen molar-refractivity contribution in [3.63, 3.8) is 0 Å². The number of halogens is 1. The number of tetrazole rings is 1. The fraction of sp³-hybridized carbons (Fsp3) is 0.429. The highest BCUT2D eigenvalue weighted by atomic mass is 35.5. The SMILES string of the molecule is CCCC(C)(N)C(=O)Nc1ccc(C)c(-n2cnnn2)c1.Cl. The first-order valence-electron chi connectivity index (χ1n) is 6.88. The molecule has 1 heterocycles. The summed E-state index contributed by atoms with van der Waals surface area (Å²) in [6.07, 6.45) is 2.99. The molecule has 0 saturated heterocycles. The van der Waals surface area contributed by atoms with Gasteiger partial charge in [0.05, 0.1) is 11.2 Å². The van der Waals surface area contributed by atoms with Crippen LogP contribution in [-0.2, 0) is 4.79 Å². The molecule has 2 rings (SSSR count). The lowest BCUT2D eigenvalue weighted by Gasteiger charge is -2.23. The number of anilines is 1. The molecule has 8 heteroatoms. The summed E-state index contributed by atoms with van der Waals surface area (Å²) in [5.41, 5.74) is 7.64. The second kappa shape index (κ2) is 7.33. The van der Waals surface area contributed by atoms with E-state index in [4.69, 9.17) is 5.73 Å². The molecule has 1 amide bonds. The third kappa shape index (κ3) is 4.02. The Kier molecular flexibility index (Phi) is 6.01. The van der Waals surface area contributed by atoms with Crippen LogP contribution in [0.15, 0.2) is 24.5 Å². The van der Waals surface area contributed by atoms with Crippen molar-refractivity contribution >= 4 is 24.0 Å². The number of aromatic nitrogens is 4. The van der Waals surface area contributed by atoms with Crippen molar-refractivity contribution in [2.75, 3.05) is 5.32 Å². The van der Waals surface area contributed by atoms with Crippen molar-refractivity contribution in [1.29, 1.82) is 0 Å². The summed E-state index contributed by atoms with van der Waals surface area (Å²) in [6.45, 7) is 5.69. The molecule has 22 heavy (non-hydrogen) atoms. The van der Waals surface area contributed by atoms with Gasteiger partial charge in [0.2, 0.25) is 5.91 Å². The van der Waals surface area contributed by atoms with Gasteiger partial charge in [-0.2, -0.15) is 0 Å². The fourth-order valence-electron chi connectivity index (χ4n) is 2.11. The highest BCUT2D eigenvalue weighted by Crippen LogP contribution is 2.20. The van der Waals surface area contributed by atoms with Gasteiger partial charge in [-0.1, -0.05) is 19.4 Å². The average molecular weight is 325 g/mol. The van der Waals surface area contributed by atoms with Gasteiger partial charge in [0.1, 0.15) is 6.33 Å². The van der Waals surface area contributed by atoms with E-state index in [0.29, 0.717) is 12.1 Å². The number of nitrogens with zero attached hydrogens (tertiary/aromatic N) is 4. The van der Waals surface area contributed by atoms with Gasteiger partial charge in [-0.3, -0.25) is 4.79 Å². The molecule has 1 unspecified atom stereocenters. The van der Waals surface area contributed by atoms with Gasteiger partial charge in [-0.15, -0.1) is 17.5 Å². The maximum absolute atomic E-state index is 12.2. The van der Waals surface area contributed by atoms with E-state index in [1.165, 1.54) is 6.33 Å². The predicted molar refractivity (Wildman–Crippen MR) is 87.3 cm³/mol. The van der Waals surface area contributed by atoms with E-state index in [1.807, 2.05) is 32.0 Å². The molecular formula is C14H21ClN6O. The monoisotopic (exact) mass is 324 g/mol. The van der Waals surface area contributed by atoms with Gasteiger partial charge in [0, 0.05) is 5.69 Å². The summed E-state index contributed by atoms with van der Waals surface area (Å²) in [5, 5.41) is 14.0. The van der Waals surface area contributed by atoms with Crippen LogP contribution in [0.25, 0.3) is 5.69 Å². The molecule has 0 fully saturated rings. The van der Waals surface area contributed by atoms with Crippen LogP contribution in [0.1, 0.15) is 32.3 Å². The summed E-state index contributed by atoms with van der Waals surface area (Å²) < 4.78 is 1.55. The van der Waals surface area contributed by atoms with E-state index in [2.05, 4.69) is 20.8 Å². The van der Waals surface area contributed by atoms with E-state index in [-0.39, 0.29) is 18.3 Å². The lowest BCUT2D eigenvalue weighted by atomic mass is 9.96. The largest absolute Gasteiger partial charge is 0.324 e. The van der Waals surface area contributed by atoms with Crippen molar-refractivity contribution < 1.29 is 4.79 Å². The zero-order valence-corrected chi connectivity index (χ0v) is 13.7. The number of amides is 1. The van der Waals surface area contributed by atoms with E-state index < -0.39 is 5.54 Å². The highest BCUT2D eigenvalue weighted by molar-refractivity contribution is 5.97. The van der Waals surface area contributed by atoms with Crippen LogP contribution in [-0.4, -0.2) is 31.7 Å². The van der Waals surface area contributed by atoms with Gasteiger partial charge in [0.25, 0.3) is 0 Å². The van der Waals surface area contributed by atoms with E-state index in [9.17, 15) is 4.79 Å². The Morgan fingerprint density at radius 3 is 2.77 bits per heavy atom. The van der Waals surface area contributed by atoms with E-state index in [1.54, 1.807) is 11.6 Å². The Morgan fingerprint density at radius 1 is 1.45 bits per heavy atom. The van der Waals surface area contributed by atoms with Gasteiger partial charge >= 0.3 is 0 Å². The van der Waals surface area contributed by atoms with E-state index in [0.717, 1.165) is 17.7 Å². The summed E-state index contributed by atoms with van der Waals surface area (Å²) >= 11 is 0. The Labute approximate surface area is 135 Å². The maximum atomic E-state index is 12.2. The standard InChI is InChI=1S/C14H20N6O.ClH/c1-4-7-14(3,15)13(21)17-11-6-5-10(2)12(8-11)20-9-16-18-19-20;/h5-6,8-9H,4,7,15H2,1-3H3,(H,17,21);1H. The van der Waals surface area contributed by atoms with Gasteiger partial charge in [0.15, 0.2) is 0 Å². The molecule has 0 radical (unpaired) electrons. The van der Waals surface area contributed by atoms with Crippen LogP contribution < -0.4 is 11.1 Å². The molecule has 3 N–H and O–H groups in total. The molecule has 0 aliphatic carbocycles. The topological polar surface area (TPSA) is 98.7 Å². The molecular weight excluding hydrogens is 304 g/mol. The Balaban J connectivity index is 0.00000242. The highest BCUT2D eigenvalue weighted by Gasteiger charge is 2.27. The Morgan fingerprint density at radius 2 is 2.18 bits per heavy atom. The van der Waals surface area contributed by atoms with Gasteiger partial charge in [-0.25, -0.2) is 4.68 Å². The number of nitrogens with two attached hydrogens (primary N) is 1. The molecule has 7 nitrogen and oxygen atoms in total. The van der Waals surface area contributed by atoms with Gasteiger partial charge < -0.3 is 11.1 Å². The van der Waals surface area contributed by atoms with Crippen LogP contribution in [0.2, 0.25) is 0 Å². The van der Waals surface area contributed by atoms with Crippen molar-refractivity contribution in [1.82, 2.24) is 20.2 Å². The summed E-state index contributed by atoms with van der Waals surface area (Å²) in [7, 11) is 0. The quantitative estimate of drug-likeness (QED) is 0.874. The molecule has 2 aromatic rings. The maximum Gasteiger partial charge on any atom is 0.244 e. The Bertz CT molecular complexity index is 626. The average Bonchev–Trinajstić information content (AvgIpc) is 2.94. The molecule has 0 bridgehead atoms. The summed E-state index contributed by atoms with van der Waals surface area (Å²) in [6, 6.07) is 5.56. The summed E-state index contributed by atoms with van der Waals surface area (Å²) in [5.74, 6) is -0.198. The molecule has 0 aliphatic rings. The Hall–Kier alpha value is -1.99. The second-order valence-electron chi connectivity index (χ2n) is 5.38. The number of hydrogen-bond acceptors (Lipinski definition) is 5. The van der Waals surface area contributed by atoms with Crippen molar-refractivity contribution in [2.24, 2.45) is 5.73 Å². The van der Waals surface area contributed by atoms with Crippen LogP contribution in [0.4, 0.5) is 5.69 Å². The normalized spacial score (nSPS) is 13.1. The first kappa shape index (κ1) is 18.1. The van der Waals surface area contributed by atoms with Crippen molar-refractivity contribution in [2.45, 2.75) is 39.2 Å². The zero-order chi connectivity index (χ0) is 15.5. The minimum atomic E-state index is -0.880. The molecule has 120 valence electrons. The predicted octanol–water partition coefficient (Wildman–Crippen LogP) is 1.85. The zero-order valence-electron chi connectivity index (χ0n) is 12.9. The van der Waals surface area contributed by atoms with E-state index >= 15 is 0 Å².